The molecule has 0 spiro atoms. The van der Waals surface area contributed by atoms with Crippen LogP contribution in [0.15, 0.2) is 28.8 Å². The molecule has 5 heteroatoms. The Morgan fingerprint density at radius 3 is 2.60 bits per heavy atom. The molecule has 0 aliphatic heterocycles. The van der Waals surface area contributed by atoms with E-state index >= 15 is 0 Å². The van der Waals surface area contributed by atoms with Gasteiger partial charge in [0.15, 0.2) is 5.82 Å². The van der Waals surface area contributed by atoms with Crippen LogP contribution in [0.4, 0.5) is 0 Å². The minimum absolute atomic E-state index is 0.416. The third-order valence-corrected chi connectivity index (χ3v) is 4.61. The summed E-state index contributed by atoms with van der Waals surface area (Å²) in [6.07, 6.45) is 6.67. The van der Waals surface area contributed by atoms with Crippen molar-refractivity contribution in [3.8, 4) is 11.5 Å². The minimum Gasteiger partial charge on any atom is -0.334 e. The topological polar surface area (TPSA) is 64.9 Å². The molecule has 0 saturated heterocycles. The van der Waals surface area contributed by atoms with Crippen LogP contribution in [0, 0.1) is 3.57 Å². The fourth-order valence-corrected chi connectivity index (χ4v) is 3.29. The lowest BCUT2D eigenvalue weighted by Gasteiger charge is -2.23. The van der Waals surface area contributed by atoms with Gasteiger partial charge in [-0.1, -0.05) is 36.9 Å². The van der Waals surface area contributed by atoms with Crippen molar-refractivity contribution in [2.45, 2.75) is 44.1 Å². The van der Waals surface area contributed by atoms with Crippen molar-refractivity contribution in [1.29, 1.82) is 0 Å². The summed E-state index contributed by atoms with van der Waals surface area (Å²) in [6, 6.07) is 8.05. The Kier molecular flexibility index (Phi) is 4.07. The van der Waals surface area contributed by atoms with Crippen molar-refractivity contribution in [3.63, 3.8) is 0 Å². The second kappa shape index (κ2) is 5.81. The number of nitrogens with zero attached hydrogens (tertiary/aromatic N) is 2. The normalized spacial score (nSPS) is 18.7. The summed E-state index contributed by atoms with van der Waals surface area (Å²) in [5.41, 5.74) is 7.05. The largest absolute Gasteiger partial charge is 0.334 e. The van der Waals surface area contributed by atoms with E-state index in [1.165, 1.54) is 12.8 Å². The summed E-state index contributed by atoms with van der Waals surface area (Å²) in [6.45, 7) is 0. The molecule has 0 amide bonds. The van der Waals surface area contributed by atoms with E-state index in [0.717, 1.165) is 34.8 Å². The maximum atomic E-state index is 6.52. The van der Waals surface area contributed by atoms with E-state index < -0.39 is 5.54 Å². The first kappa shape index (κ1) is 14.0. The van der Waals surface area contributed by atoms with E-state index in [-0.39, 0.29) is 0 Å². The molecule has 0 bridgehead atoms. The average Bonchev–Trinajstić information content (AvgIpc) is 2.84. The van der Waals surface area contributed by atoms with Crippen molar-refractivity contribution in [2.24, 2.45) is 5.73 Å². The molecule has 20 heavy (non-hydrogen) atoms. The molecule has 1 fully saturated rings. The quantitative estimate of drug-likeness (QED) is 0.632. The zero-order valence-electron chi connectivity index (χ0n) is 11.3. The van der Waals surface area contributed by atoms with Gasteiger partial charge in [-0.05, 0) is 53.6 Å². The van der Waals surface area contributed by atoms with E-state index in [0.29, 0.717) is 11.7 Å². The van der Waals surface area contributed by atoms with Gasteiger partial charge in [0.2, 0.25) is 0 Å². The Morgan fingerprint density at radius 2 is 1.90 bits per heavy atom. The average molecular weight is 383 g/mol. The number of rotatable bonds is 2. The molecule has 106 valence electrons. The molecule has 1 aliphatic carbocycles. The molecule has 1 heterocycles. The second-order valence-electron chi connectivity index (χ2n) is 5.50. The zero-order chi connectivity index (χ0) is 14.0. The van der Waals surface area contributed by atoms with Gasteiger partial charge in [-0.25, -0.2) is 0 Å². The van der Waals surface area contributed by atoms with Gasteiger partial charge in [0, 0.05) is 9.13 Å². The van der Waals surface area contributed by atoms with Gasteiger partial charge in [-0.15, -0.1) is 0 Å². The maximum Gasteiger partial charge on any atom is 0.258 e. The van der Waals surface area contributed by atoms with Gasteiger partial charge < -0.3 is 10.3 Å². The van der Waals surface area contributed by atoms with E-state index in [4.69, 9.17) is 10.3 Å². The first-order chi connectivity index (χ1) is 9.67. The number of hydrogen-bond donors (Lipinski definition) is 1. The smallest absolute Gasteiger partial charge is 0.258 e. The number of hydrogen-bond acceptors (Lipinski definition) is 4. The molecule has 1 saturated carbocycles. The van der Waals surface area contributed by atoms with Crippen molar-refractivity contribution in [3.05, 3.63) is 33.7 Å². The van der Waals surface area contributed by atoms with Crippen LogP contribution in [0.5, 0.6) is 0 Å². The van der Waals surface area contributed by atoms with Crippen LogP contribution in [0.1, 0.15) is 44.3 Å². The first-order valence-corrected chi connectivity index (χ1v) is 8.14. The summed E-state index contributed by atoms with van der Waals surface area (Å²) >= 11 is 2.28. The standard InChI is InChI=1S/C15H18IN3O/c16-12-7-5-6-11(10-12)13-18-14(19-20-13)15(17)8-3-1-2-4-9-15/h5-7,10H,1-4,8-9,17H2. The van der Waals surface area contributed by atoms with E-state index in [2.05, 4.69) is 32.7 Å². The van der Waals surface area contributed by atoms with Crippen molar-refractivity contribution >= 4 is 22.6 Å². The van der Waals surface area contributed by atoms with Gasteiger partial charge >= 0.3 is 0 Å². The molecule has 2 N–H and O–H groups in total. The van der Waals surface area contributed by atoms with Crippen molar-refractivity contribution in [2.75, 3.05) is 0 Å². The van der Waals surface area contributed by atoms with E-state index in [9.17, 15) is 0 Å². The monoisotopic (exact) mass is 383 g/mol. The molecule has 1 aromatic carbocycles. The number of benzene rings is 1. The molecule has 2 aromatic rings. The van der Waals surface area contributed by atoms with Crippen LogP contribution >= 0.6 is 22.6 Å². The number of aromatic nitrogens is 2. The Bertz CT molecular complexity index is 588. The highest BCUT2D eigenvalue weighted by Crippen LogP contribution is 2.33. The number of nitrogens with two attached hydrogens (primary N) is 1. The number of halogens is 1. The maximum absolute atomic E-state index is 6.52. The minimum atomic E-state index is -0.416. The Hall–Kier alpha value is -0.950. The Labute approximate surface area is 132 Å². The SMILES string of the molecule is NC1(c2noc(-c3cccc(I)c3)n2)CCCCCC1. The molecule has 0 unspecified atom stereocenters. The highest BCUT2D eigenvalue weighted by atomic mass is 127. The Balaban J connectivity index is 1.89. The van der Waals surface area contributed by atoms with Crippen molar-refractivity contribution < 1.29 is 4.52 Å². The third kappa shape index (κ3) is 2.88. The van der Waals surface area contributed by atoms with E-state index in [1.54, 1.807) is 0 Å². The van der Waals surface area contributed by atoms with Crippen LogP contribution in [0.25, 0.3) is 11.5 Å². The molecule has 3 rings (SSSR count). The lowest BCUT2D eigenvalue weighted by Crippen LogP contribution is -2.37. The third-order valence-electron chi connectivity index (χ3n) is 3.94. The van der Waals surface area contributed by atoms with Crippen molar-refractivity contribution in [1.82, 2.24) is 10.1 Å². The van der Waals surface area contributed by atoms with Crippen LogP contribution in [0.3, 0.4) is 0 Å². The molecule has 4 nitrogen and oxygen atoms in total. The lowest BCUT2D eigenvalue weighted by atomic mass is 9.91. The highest BCUT2D eigenvalue weighted by molar-refractivity contribution is 14.1. The predicted octanol–water partition coefficient (Wildman–Crippen LogP) is 3.85. The summed E-state index contributed by atoms with van der Waals surface area (Å²) < 4.78 is 6.57. The van der Waals surface area contributed by atoms with Crippen LogP contribution in [0.2, 0.25) is 0 Å². The van der Waals surface area contributed by atoms with Gasteiger partial charge in [-0.3, -0.25) is 0 Å². The molecule has 0 radical (unpaired) electrons. The molecular formula is C15H18IN3O. The fourth-order valence-electron chi connectivity index (χ4n) is 2.75. The zero-order valence-corrected chi connectivity index (χ0v) is 13.5. The Morgan fingerprint density at radius 1 is 1.15 bits per heavy atom. The lowest BCUT2D eigenvalue weighted by molar-refractivity contribution is 0.334. The van der Waals surface area contributed by atoms with Gasteiger partial charge in [0.05, 0.1) is 5.54 Å². The van der Waals surface area contributed by atoms with Gasteiger partial charge in [-0.2, -0.15) is 4.98 Å². The second-order valence-corrected chi connectivity index (χ2v) is 6.75. The molecule has 1 aromatic heterocycles. The molecule has 1 aliphatic rings. The summed E-state index contributed by atoms with van der Waals surface area (Å²) in [4.78, 5) is 4.55. The highest BCUT2D eigenvalue weighted by Gasteiger charge is 2.33. The van der Waals surface area contributed by atoms with Gasteiger partial charge in [0.1, 0.15) is 0 Å². The summed E-state index contributed by atoms with van der Waals surface area (Å²) in [5, 5.41) is 4.15. The summed E-state index contributed by atoms with van der Waals surface area (Å²) in [7, 11) is 0. The van der Waals surface area contributed by atoms with E-state index in [1.807, 2.05) is 24.3 Å². The van der Waals surface area contributed by atoms with Crippen LogP contribution < -0.4 is 5.73 Å². The molecular weight excluding hydrogens is 365 g/mol. The van der Waals surface area contributed by atoms with Gasteiger partial charge in [0.25, 0.3) is 5.89 Å². The first-order valence-electron chi connectivity index (χ1n) is 7.06. The van der Waals surface area contributed by atoms with Crippen LogP contribution in [-0.2, 0) is 5.54 Å². The molecule has 0 atom stereocenters. The fraction of sp³-hybridized carbons (Fsp3) is 0.467. The summed E-state index contributed by atoms with van der Waals surface area (Å²) in [5.74, 6) is 1.22. The predicted molar refractivity (Wildman–Crippen MR) is 86.0 cm³/mol. The van der Waals surface area contributed by atoms with Crippen LogP contribution in [-0.4, -0.2) is 10.1 Å².